The van der Waals surface area contributed by atoms with Crippen molar-refractivity contribution in [2.24, 2.45) is 5.92 Å². The third-order valence-electron chi connectivity index (χ3n) is 2.90. The van der Waals surface area contributed by atoms with Gasteiger partial charge >= 0.3 is 5.97 Å². The van der Waals surface area contributed by atoms with Gasteiger partial charge in [0.1, 0.15) is 17.2 Å². The summed E-state index contributed by atoms with van der Waals surface area (Å²) < 4.78 is 18.3. The van der Waals surface area contributed by atoms with Crippen LogP contribution < -0.4 is 5.32 Å². The Bertz CT molecular complexity index is 433. The number of rotatable bonds is 4. The molecule has 0 saturated carbocycles. The van der Waals surface area contributed by atoms with Crippen molar-refractivity contribution in [1.82, 2.24) is 4.98 Å². The van der Waals surface area contributed by atoms with Crippen LogP contribution in [0.2, 0.25) is 0 Å². The van der Waals surface area contributed by atoms with Crippen LogP contribution in [0, 0.1) is 11.7 Å². The Kier molecular flexibility index (Phi) is 4.09. The SMILES string of the molecule is O=C(O)c1cc(F)cnc1NCC1CCCOC1. The lowest BCUT2D eigenvalue weighted by Crippen LogP contribution is -2.25. The monoisotopic (exact) mass is 254 g/mol. The van der Waals surface area contributed by atoms with E-state index in [-0.39, 0.29) is 11.4 Å². The van der Waals surface area contributed by atoms with Gasteiger partial charge in [-0.25, -0.2) is 14.2 Å². The molecular weight excluding hydrogens is 239 g/mol. The van der Waals surface area contributed by atoms with E-state index in [4.69, 9.17) is 9.84 Å². The summed E-state index contributed by atoms with van der Waals surface area (Å²) in [6, 6.07) is 0.967. The summed E-state index contributed by atoms with van der Waals surface area (Å²) in [5, 5.41) is 11.9. The first-order valence-electron chi connectivity index (χ1n) is 5.87. The van der Waals surface area contributed by atoms with Gasteiger partial charge in [-0.15, -0.1) is 0 Å². The van der Waals surface area contributed by atoms with E-state index in [0.717, 1.165) is 31.7 Å². The zero-order valence-corrected chi connectivity index (χ0v) is 9.86. The quantitative estimate of drug-likeness (QED) is 0.856. The number of carboxylic acids is 1. The van der Waals surface area contributed by atoms with Crippen LogP contribution in [0.15, 0.2) is 12.3 Å². The highest BCUT2D eigenvalue weighted by molar-refractivity contribution is 5.93. The molecule has 1 saturated heterocycles. The molecule has 1 aromatic rings. The summed E-state index contributed by atoms with van der Waals surface area (Å²) in [6.45, 7) is 2.03. The fraction of sp³-hybridized carbons (Fsp3) is 0.500. The lowest BCUT2D eigenvalue weighted by molar-refractivity contribution is 0.0594. The average Bonchev–Trinajstić information content (AvgIpc) is 2.38. The Morgan fingerprint density at radius 2 is 2.50 bits per heavy atom. The predicted molar refractivity (Wildman–Crippen MR) is 63.2 cm³/mol. The van der Waals surface area contributed by atoms with Crippen LogP contribution in [0.4, 0.5) is 10.2 Å². The molecule has 18 heavy (non-hydrogen) atoms. The molecule has 0 aromatic carbocycles. The largest absolute Gasteiger partial charge is 0.478 e. The van der Waals surface area contributed by atoms with Crippen LogP contribution in [0.25, 0.3) is 0 Å². The molecule has 0 aliphatic carbocycles. The molecule has 2 rings (SSSR count). The summed E-state index contributed by atoms with van der Waals surface area (Å²) in [5.41, 5.74) is -0.147. The maximum absolute atomic E-state index is 12.9. The second-order valence-corrected chi connectivity index (χ2v) is 4.32. The highest BCUT2D eigenvalue weighted by Crippen LogP contribution is 2.17. The number of aromatic carboxylic acids is 1. The molecule has 0 radical (unpaired) electrons. The van der Waals surface area contributed by atoms with Gasteiger partial charge in [0, 0.05) is 13.2 Å². The van der Waals surface area contributed by atoms with Crippen molar-refractivity contribution >= 4 is 11.8 Å². The molecule has 1 aromatic heterocycles. The Balaban J connectivity index is 2.01. The molecule has 0 amide bonds. The molecular formula is C12H15FN2O3. The number of carboxylic acid groups (broad SMARTS) is 1. The van der Waals surface area contributed by atoms with Gasteiger partial charge in [0.05, 0.1) is 12.8 Å². The van der Waals surface area contributed by atoms with E-state index < -0.39 is 11.8 Å². The fourth-order valence-electron chi connectivity index (χ4n) is 1.95. The highest BCUT2D eigenvalue weighted by Gasteiger charge is 2.17. The van der Waals surface area contributed by atoms with Gasteiger partial charge in [-0.3, -0.25) is 0 Å². The van der Waals surface area contributed by atoms with Gasteiger partial charge in [0.2, 0.25) is 0 Å². The highest BCUT2D eigenvalue weighted by atomic mass is 19.1. The zero-order valence-electron chi connectivity index (χ0n) is 9.86. The number of pyridine rings is 1. The minimum atomic E-state index is -1.19. The normalized spacial score (nSPS) is 19.5. The molecule has 1 aliphatic rings. The molecule has 5 nitrogen and oxygen atoms in total. The van der Waals surface area contributed by atoms with E-state index in [9.17, 15) is 9.18 Å². The number of aromatic nitrogens is 1. The number of hydrogen-bond acceptors (Lipinski definition) is 4. The first-order valence-corrected chi connectivity index (χ1v) is 5.87. The topological polar surface area (TPSA) is 71.5 Å². The Morgan fingerprint density at radius 1 is 1.67 bits per heavy atom. The fourth-order valence-corrected chi connectivity index (χ4v) is 1.95. The van der Waals surface area contributed by atoms with Crippen LogP contribution in [-0.4, -0.2) is 35.8 Å². The van der Waals surface area contributed by atoms with Gasteiger partial charge in [0.15, 0.2) is 0 Å². The van der Waals surface area contributed by atoms with Gasteiger partial charge in [-0.05, 0) is 24.8 Å². The third-order valence-corrected chi connectivity index (χ3v) is 2.90. The smallest absolute Gasteiger partial charge is 0.339 e. The van der Waals surface area contributed by atoms with Gasteiger partial charge < -0.3 is 15.2 Å². The molecule has 1 atom stereocenters. The number of carbonyl (C=O) groups is 1. The first-order chi connectivity index (χ1) is 8.66. The molecule has 0 spiro atoms. The van der Waals surface area contributed by atoms with Gasteiger partial charge in [-0.2, -0.15) is 0 Å². The van der Waals surface area contributed by atoms with Crippen molar-refractivity contribution in [3.8, 4) is 0 Å². The van der Waals surface area contributed by atoms with E-state index in [1.165, 1.54) is 0 Å². The van der Waals surface area contributed by atoms with Crippen molar-refractivity contribution in [3.05, 3.63) is 23.6 Å². The zero-order chi connectivity index (χ0) is 13.0. The summed E-state index contributed by atoms with van der Waals surface area (Å²) in [7, 11) is 0. The third kappa shape index (κ3) is 3.16. The number of hydrogen-bond donors (Lipinski definition) is 2. The number of halogens is 1. The van der Waals surface area contributed by atoms with Crippen LogP contribution in [-0.2, 0) is 4.74 Å². The molecule has 1 fully saturated rings. The number of anilines is 1. The van der Waals surface area contributed by atoms with E-state index in [2.05, 4.69) is 10.3 Å². The maximum atomic E-state index is 12.9. The van der Waals surface area contributed by atoms with Crippen LogP contribution in [0.5, 0.6) is 0 Å². The van der Waals surface area contributed by atoms with E-state index in [1.54, 1.807) is 0 Å². The standard InChI is InChI=1S/C12H15FN2O3/c13-9-4-10(12(16)17)11(15-6-9)14-5-8-2-1-3-18-7-8/h4,6,8H,1-3,5,7H2,(H,14,15)(H,16,17). The van der Waals surface area contributed by atoms with E-state index in [0.29, 0.717) is 19.1 Å². The van der Waals surface area contributed by atoms with Crippen molar-refractivity contribution in [2.75, 3.05) is 25.1 Å². The van der Waals surface area contributed by atoms with Gasteiger partial charge in [0.25, 0.3) is 0 Å². The maximum Gasteiger partial charge on any atom is 0.339 e. The van der Waals surface area contributed by atoms with Crippen molar-refractivity contribution in [3.63, 3.8) is 0 Å². The molecule has 2 heterocycles. The average molecular weight is 254 g/mol. The number of nitrogens with one attached hydrogen (secondary N) is 1. The van der Waals surface area contributed by atoms with Crippen LogP contribution in [0.3, 0.4) is 0 Å². The predicted octanol–water partition coefficient (Wildman–Crippen LogP) is 1.76. The molecule has 1 aliphatic heterocycles. The summed E-state index contributed by atoms with van der Waals surface area (Å²) in [5.74, 6) is -1.30. The van der Waals surface area contributed by atoms with Crippen LogP contribution in [0.1, 0.15) is 23.2 Å². The molecule has 1 unspecified atom stereocenters. The second-order valence-electron chi connectivity index (χ2n) is 4.32. The molecule has 2 N–H and O–H groups in total. The summed E-state index contributed by atoms with van der Waals surface area (Å²) in [4.78, 5) is 14.7. The van der Waals surface area contributed by atoms with Crippen LogP contribution >= 0.6 is 0 Å². The minimum absolute atomic E-state index is 0.147. The molecule has 6 heteroatoms. The molecule has 0 bridgehead atoms. The molecule has 98 valence electrons. The first kappa shape index (κ1) is 12.8. The van der Waals surface area contributed by atoms with Crippen molar-refractivity contribution < 1.29 is 19.0 Å². The Labute approximate surface area is 104 Å². The Hall–Kier alpha value is -1.69. The summed E-state index contributed by atoms with van der Waals surface area (Å²) >= 11 is 0. The van der Waals surface area contributed by atoms with Crippen molar-refractivity contribution in [2.45, 2.75) is 12.8 Å². The minimum Gasteiger partial charge on any atom is -0.478 e. The van der Waals surface area contributed by atoms with Gasteiger partial charge in [-0.1, -0.05) is 0 Å². The lowest BCUT2D eigenvalue weighted by Gasteiger charge is -2.22. The second kappa shape index (κ2) is 5.77. The van der Waals surface area contributed by atoms with Crippen molar-refractivity contribution in [1.29, 1.82) is 0 Å². The number of ether oxygens (including phenoxy) is 1. The Morgan fingerprint density at radius 3 is 3.17 bits per heavy atom. The van der Waals surface area contributed by atoms with E-state index in [1.807, 2.05) is 0 Å². The lowest BCUT2D eigenvalue weighted by atomic mass is 10.0. The van der Waals surface area contributed by atoms with E-state index >= 15 is 0 Å². The number of nitrogens with zero attached hydrogens (tertiary/aromatic N) is 1. The summed E-state index contributed by atoms with van der Waals surface area (Å²) in [6.07, 6.45) is 3.05.